The fourth-order valence-electron chi connectivity index (χ4n) is 2.34. The van der Waals surface area contributed by atoms with Gasteiger partial charge in [0.15, 0.2) is 0 Å². The van der Waals surface area contributed by atoms with Gasteiger partial charge >= 0.3 is 0 Å². The van der Waals surface area contributed by atoms with Gasteiger partial charge in [0.2, 0.25) is 5.78 Å². The van der Waals surface area contributed by atoms with Crippen LogP contribution in [0.3, 0.4) is 0 Å². The summed E-state index contributed by atoms with van der Waals surface area (Å²) in [5.41, 5.74) is 0.378. The molecule has 132 valence electrons. The zero-order chi connectivity index (χ0) is 17.6. The van der Waals surface area contributed by atoms with Crippen molar-refractivity contribution in [3.63, 3.8) is 0 Å². The summed E-state index contributed by atoms with van der Waals surface area (Å²) >= 11 is 1.72. The van der Waals surface area contributed by atoms with Crippen LogP contribution >= 0.6 is 11.8 Å². The number of amides is 1. The van der Waals surface area contributed by atoms with E-state index >= 15 is 0 Å². The number of nitrogens with zero attached hydrogens (tertiary/aromatic N) is 4. The van der Waals surface area contributed by atoms with E-state index in [9.17, 15) is 4.79 Å². The number of fused-ring (bicyclic) bond motifs is 1. The van der Waals surface area contributed by atoms with Gasteiger partial charge in [-0.1, -0.05) is 0 Å². The highest BCUT2D eigenvalue weighted by atomic mass is 32.2. The minimum atomic E-state index is -0.183. The largest absolute Gasteiger partial charge is 0.464 e. The zero-order valence-electron chi connectivity index (χ0n) is 14.3. The van der Waals surface area contributed by atoms with E-state index in [0.29, 0.717) is 18.0 Å². The number of hydrogen-bond acceptors (Lipinski definition) is 6. The van der Waals surface area contributed by atoms with Gasteiger partial charge < -0.3 is 14.6 Å². The Morgan fingerprint density at radius 2 is 2.20 bits per heavy atom. The first-order valence-corrected chi connectivity index (χ1v) is 9.15. The third-order valence-corrected chi connectivity index (χ3v) is 4.42. The molecule has 0 spiro atoms. The second-order valence-electron chi connectivity index (χ2n) is 5.87. The molecule has 3 aromatic rings. The Bertz CT molecular complexity index is 809. The number of imidazole rings is 1. The maximum Gasteiger partial charge on any atom is 0.271 e. The summed E-state index contributed by atoms with van der Waals surface area (Å²) in [6.07, 6.45) is 5.15. The van der Waals surface area contributed by atoms with Gasteiger partial charge in [0.1, 0.15) is 17.2 Å². The van der Waals surface area contributed by atoms with E-state index < -0.39 is 0 Å². The van der Waals surface area contributed by atoms with Gasteiger partial charge in [-0.15, -0.1) is 0 Å². The van der Waals surface area contributed by atoms with Crippen LogP contribution < -0.4 is 5.32 Å². The molecule has 0 saturated carbocycles. The Labute approximate surface area is 150 Å². The SMILES string of the molecule is CN(C)Cc1ccc(CSCCNC(=O)c2cn3cccnc3n2)o1. The first kappa shape index (κ1) is 17.5. The molecule has 25 heavy (non-hydrogen) atoms. The second kappa shape index (κ2) is 8.17. The van der Waals surface area contributed by atoms with Gasteiger partial charge in [-0.05, 0) is 32.3 Å². The van der Waals surface area contributed by atoms with Crippen molar-refractivity contribution in [3.8, 4) is 0 Å². The topological polar surface area (TPSA) is 75.7 Å². The van der Waals surface area contributed by atoms with Crippen LogP contribution in [0.4, 0.5) is 0 Å². The lowest BCUT2D eigenvalue weighted by Gasteiger charge is -2.06. The lowest BCUT2D eigenvalue weighted by molar-refractivity contribution is 0.0952. The fraction of sp³-hybridized carbons (Fsp3) is 0.353. The Kier molecular flexibility index (Phi) is 5.72. The summed E-state index contributed by atoms with van der Waals surface area (Å²) in [5, 5.41) is 2.88. The van der Waals surface area contributed by atoms with Crippen LogP contribution in [0.15, 0.2) is 41.2 Å². The van der Waals surface area contributed by atoms with E-state index in [1.165, 1.54) is 0 Å². The smallest absolute Gasteiger partial charge is 0.271 e. The van der Waals surface area contributed by atoms with Gasteiger partial charge in [0.25, 0.3) is 5.91 Å². The van der Waals surface area contributed by atoms with Crippen molar-refractivity contribution in [1.29, 1.82) is 0 Å². The van der Waals surface area contributed by atoms with Crippen molar-refractivity contribution in [2.45, 2.75) is 12.3 Å². The molecule has 7 nitrogen and oxygen atoms in total. The predicted molar refractivity (Wildman–Crippen MR) is 97.6 cm³/mol. The van der Waals surface area contributed by atoms with E-state index in [1.807, 2.05) is 32.4 Å². The molecule has 0 unspecified atom stereocenters. The molecule has 0 aliphatic heterocycles. The first-order valence-electron chi connectivity index (χ1n) is 8.00. The summed E-state index contributed by atoms with van der Waals surface area (Å²) in [6.45, 7) is 1.38. The average Bonchev–Trinajstić information content (AvgIpc) is 3.20. The second-order valence-corrected chi connectivity index (χ2v) is 6.97. The van der Waals surface area contributed by atoms with Crippen LogP contribution in [0.1, 0.15) is 22.0 Å². The van der Waals surface area contributed by atoms with Gasteiger partial charge in [0.05, 0.1) is 12.3 Å². The number of hydrogen-bond donors (Lipinski definition) is 1. The van der Waals surface area contributed by atoms with Crippen molar-refractivity contribution in [3.05, 3.63) is 54.0 Å². The first-order chi connectivity index (χ1) is 12.1. The van der Waals surface area contributed by atoms with E-state index in [2.05, 4.69) is 20.2 Å². The van der Waals surface area contributed by atoms with Gasteiger partial charge in [0, 0.05) is 30.9 Å². The van der Waals surface area contributed by atoms with Crippen molar-refractivity contribution >= 4 is 23.4 Å². The van der Waals surface area contributed by atoms with Crippen molar-refractivity contribution in [2.24, 2.45) is 0 Å². The quantitative estimate of drug-likeness (QED) is 0.621. The van der Waals surface area contributed by atoms with Crippen LogP contribution in [0.2, 0.25) is 0 Å². The van der Waals surface area contributed by atoms with E-state index in [4.69, 9.17) is 4.42 Å². The highest BCUT2D eigenvalue weighted by Gasteiger charge is 2.10. The minimum absolute atomic E-state index is 0.183. The van der Waals surface area contributed by atoms with Crippen molar-refractivity contribution < 1.29 is 9.21 Å². The van der Waals surface area contributed by atoms with Crippen LogP contribution in [0.25, 0.3) is 5.78 Å². The number of thioether (sulfide) groups is 1. The highest BCUT2D eigenvalue weighted by molar-refractivity contribution is 7.98. The lowest BCUT2D eigenvalue weighted by Crippen LogP contribution is -2.26. The third kappa shape index (κ3) is 4.83. The van der Waals surface area contributed by atoms with Gasteiger partial charge in [-0.25, -0.2) is 9.97 Å². The molecule has 3 heterocycles. The molecule has 1 N–H and O–H groups in total. The van der Waals surface area contributed by atoms with Crippen LogP contribution in [-0.2, 0) is 12.3 Å². The lowest BCUT2D eigenvalue weighted by atomic mass is 10.4. The summed E-state index contributed by atoms with van der Waals surface area (Å²) in [4.78, 5) is 22.5. The van der Waals surface area contributed by atoms with Gasteiger partial charge in [-0.2, -0.15) is 11.8 Å². The molecule has 3 aromatic heterocycles. The summed E-state index contributed by atoms with van der Waals surface area (Å²) < 4.78 is 7.48. The number of carbonyl (C=O) groups excluding carboxylic acids is 1. The highest BCUT2D eigenvalue weighted by Crippen LogP contribution is 2.16. The van der Waals surface area contributed by atoms with E-state index in [1.54, 1.807) is 34.6 Å². The fourth-order valence-corrected chi connectivity index (χ4v) is 3.08. The summed E-state index contributed by atoms with van der Waals surface area (Å²) in [6, 6.07) is 5.81. The molecule has 3 rings (SSSR count). The zero-order valence-corrected chi connectivity index (χ0v) is 15.1. The predicted octanol–water partition coefficient (Wildman–Crippen LogP) is 2.05. The van der Waals surface area contributed by atoms with E-state index in [-0.39, 0.29) is 5.91 Å². The molecule has 0 saturated heterocycles. The molecule has 0 aliphatic carbocycles. The maximum absolute atomic E-state index is 12.1. The Balaban J connectivity index is 1.39. The van der Waals surface area contributed by atoms with Gasteiger partial charge in [-0.3, -0.25) is 9.20 Å². The minimum Gasteiger partial charge on any atom is -0.464 e. The number of nitrogens with one attached hydrogen (secondary N) is 1. The van der Waals surface area contributed by atoms with Crippen molar-refractivity contribution in [1.82, 2.24) is 24.6 Å². The number of carbonyl (C=O) groups is 1. The molecule has 0 atom stereocenters. The molecule has 0 aliphatic rings. The molecule has 8 heteroatoms. The molecule has 0 fully saturated rings. The van der Waals surface area contributed by atoms with Crippen LogP contribution in [0.5, 0.6) is 0 Å². The summed E-state index contributed by atoms with van der Waals surface area (Å²) in [5.74, 6) is 3.86. The molecular weight excluding hydrogens is 338 g/mol. The van der Waals surface area contributed by atoms with Crippen LogP contribution in [-0.4, -0.2) is 51.6 Å². The maximum atomic E-state index is 12.1. The Morgan fingerprint density at radius 1 is 1.36 bits per heavy atom. The molecular formula is C17H21N5O2S. The van der Waals surface area contributed by atoms with Crippen molar-refractivity contribution in [2.75, 3.05) is 26.4 Å². The molecule has 1 amide bonds. The molecule has 0 radical (unpaired) electrons. The monoisotopic (exact) mass is 359 g/mol. The van der Waals surface area contributed by atoms with Crippen LogP contribution in [0, 0.1) is 0 Å². The third-order valence-electron chi connectivity index (χ3n) is 3.43. The Morgan fingerprint density at radius 3 is 3.00 bits per heavy atom. The standard InChI is InChI=1S/C17H21N5O2S/c1-21(2)10-13-4-5-14(24-13)12-25-9-7-18-16(23)15-11-22-8-3-6-19-17(22)20-15/h3-6,8,11H,7,9-10,12H2,1-2H3,(H,18,23). The number of aromatic nitrogens is 3. The Hall–Kier alpha value is -2.32. The normalized spacial score (nSPS) is 11.3. The summed E-state index contributed by atoms with van der Waals surface area (Å²) in [7, 11) is 4.03. The number of rotatable bonds is 8. The molecule has 0 bridgehead atoms. The number of furan rings is 1. The molecule has 0 aromatic carbocycles. The van der Waals surface area contributed by atoms with E-state index in [0.717, 1.165) is 29.6 Å². The average molecular weight is 359 g/mol.